The van der Waals surface area contributed by atoms with Gasteiger partial charge in [0.05, 0.1) is 0 Å². The Morgan fingerprint density at radius 1 is 1.43 bits per heavy atom. The number of hydrogen-bond acceptors (Lipinski definition) is 2. The molecule has 2 nitrogen and oxygen atoms in total. The fourth-order valence-corrected chi connectivity index (χ4v) is 1.62. The average Bonchev–Trinajstić information content (AvgIpc) is 2.12. The van der Waals surface area contributed by atoms with Gasteiger partial charge in [0.1, 0.15) is 5.75 Å². The second-order valence-corrected chi connectivity index (χ2v) is 3.87. The number of rotatable bonds is 4. The van der Waals surface area contributed by atoms with Gasteiger partial charge in [-0.1, -0.05) is 25.5 Å². The molecule has 1 aromatic rings. The van der Waals surface area contributed by atoms with Gasteiger partial charge in [-0.2, -0.15) is 0 Å². The Bertz CT molecular complexity index is 296. The summed E-state index contributed by atoms with van der Waals surface area (Å²) in [6.07, 6.45) is 3.08. The summed E-state index contributed by atoms with van der Waals surface area (Å²) < 4.78 is 0. The maximum atomic E-state index is 9.35. The molecule has 78 valence electrons. The minimum Gasteiger partial charge on any atom is -0.508 e. The van der Waals surface area contributed by atoms with E-state index in [1.807, 2.05) is 19.1 Å². The van der Waals surface area contributed by atoms with Crippen molar-refractivity contribution in [1.82, 2.24) is 0 Å². The van der Waals surface area contributed by atoms with E-state index in [2.05, 4.69) is 6.92 Å². The normalized spacial score (nSPS) is 12.8. The number of hydrogen-bond donors (Lipinski definition) is 2. The monoisotopic (exact) mass is 193 g/mol. The molecule has 0 aliphatic rings. The zero-order chi connectivity index (χ0) is 10.6. The van der Waals surface area contributed by atoms with Crippen molar-refractivity contribution in [2.24, 2.45) is 5.73 Å². The topological polar surface area (TPSA) is 46.2 Å². The smallest absolute Gasteiger partial charge is 0.118 e. The lowest BCUT2D eigenvalue weighted by atomic mass is 10.0. The molecule has 0 amide bonds. The van der Waals surface area contributed by atoms with Crippen LogP contribution in [0.1, 0.15) is 30.9 Å². The van der Waals surface area contributed by atoms with E-state index in [0.29, 0.717) is 5.75 Å². The molecular formula is C12H19NO. The Labute approximate surface area is 85.8 Å². The fraction of sp³-hybridized carbons (Fsp3) is 0.500. The molecule has 0 unspecified atom stereocenters. The predicted molar refractivity (Wildman–Crippen MR) is 59.4 cm³/mol. The van der Waals surface area contributed by atoms with Crippen LogP contribution in [-0.2, 0) is 6.42 Å². The quantitative estimate of drug-likeness (QED) is 0.771. The highest BCUT2D eigenvalue weighted by atomic mass is 16.3. The van der Waals surface area contributed by atoms with Crippen LogP contribution in [-0.4, -0.2) is 11.1 Å². The van der Waals surface area contributed by atoms with Gasteiger partial charge in [0.2, 0.25) is 0 Å². The SMILES string of the molecule is CCC[C@@H](N)Cc1ccc(O)c(C)c1. The standard InChI is InChI=1S/C12H19NO/c1-3-4-11(13)8-10-5-6-12(14)9(2)7-10/h5-7,11,14H,3-4,8,13H2,1-2H3/t11-/m1/s1. The van der Waals surface area contributed by atoms with Gasteiger partial charge in [-0.05, 0) is 37.0 Å². The summed E-state index contributed by atoms with van der Waals surface area (Å²) in [7, 11) is 0. The Hall–Kier alpha value is -1.02. The first-order valence-corrected chi connectivity index (χ1v) is 5.17. The van der Waals surface area contributed by atoms with Crippen LogP contribution in [0, 0.1) is 6.92 Å². The summed E-state index contributed by atoms with van der Waals surface area (Å²) in [6, 6.07) is 5.93. The minimum atomic E-state index is 0.240. The molecule has 1 atom stereocenters. The summed E-state index contributed by atoms with van der Waals surface area (Å²) in [5, 5.41) is 9.35. The number of phenols is 1. The van der Waals surface area contributed by atoms with Gasteiger partial charge in [-0.15, -0.1) is 0 Å². The number of benzene rings is 1. The van der Waals surface area contributed by atoms with Crippen LogP contribution in [0.3, 0.4) is 0 Å². The van der Waals surface area contributed by atoms with Crippen LogP contribution in [0.2, 0.25) is 0 Å². The lowest BCUT2D eigenvalue weighted by molar-refractivity contribution is 0.470. The molecule has 0 aliphatic heterocycles. The van der Waals surface area contributed by atoms with Crippen molar-refractivity contribution in [3.05, 3.63) is 29.3 Å². The van der Waals surface area contributed by atoms with E-state index in [4.69, 9.17) is 5.73 Å². The van der Waals surface area contributed by atoms with E-state index in [0.717, 1.165) is 24.8 Å². The third-order valence-electron chi connectivity index (χ3n) is 2.42. The maximum absolute atomic E-state index is 9.35. The molecule has 0 bridgehead atoms. The number of aryl methyl sites for hydroxylation is 1. The maximum Gasteiger partial charge on any atom is 0.118 e. The number of aromatic hydroxyl groups is 1. The van der Waals surface area contributed by atoms with Crippen molar-refractivity contribution in [2.75, 3.05) is 0 Å². The average molecular weight is 193 g/mol. The zero-order valence-corrected chi connectivity index (χ0v) is 8.96. The Morgan fingerprint density at radius 2 is 2.14 bits per heavy atom. The molecule has 14 heavy (non-hydrogen) atoms. The number of nitrogens with two attached hydrogens (primary N) is 1. The van der Waals surface area contributed by atoms with Crippen LogP contribution >= 0.6 is 0 Å². The largest absolute Gasteiger partial charge is 0.508 e. The van der Waals surface area contributed by atoms with Gasteiger partial charge in [0, 0.05) is 6.04 Å². The van der Waals surface area contributed by atoms with E-state index in [9.17, 15) is 5.11 Å². The van der Waals surface area contributed by atoms with Crippen LogP contribution in [0.15, 0.2) is 18.2 Å². The Morgan fingerprint density at radius 3 is 2.71 bits per heavy atom. The molecule has 1 rings (SSSR count). The van der Waals surface area contributed by atoms with Crippen LogP contribution in [0.5, 0.6) is 5.75 Å². The third-order valence-corrected chi connectivity index (χ3v) is 2.42. The molecule has 0 saturated heterocycles. The lowest BCUT2D eigenvalue weighted by Crippen LogP contribution is -2.22. The van der Waals surface area contributed by atoms with Gasteiger partial charge >= 0.3 is 0 Å². The van der Waals surface area contributed by atoms with Gasteiger partial charge in [0.25, 0.3) is 0 Å². The van der Waals surface area contributed by atoms with Crippen molar-refractivity contribution < 1.29 is 5.11 Å². The molecule has 0 aromatic heterocycles. The first-order chi connectivity index (χ1) is 6.63. The van der Waals surface area contributed by atoms with Crippen molar-refractivity contribution in [3.63, 3.8) is 0 Å². The Kier molecular flexibility index (Phi) is 3.96. The van der Waals surface area contributed by atoms with E-state index in [-0.39, 0.29) is 6.04 Å². The molecule has 0 saturated carbocycles. The summed E-state index contributed by atoms with van der Waals surface area (Å²) in [6.45, 7) is 4.05. The predicted octanol–water partition coefficient (Wildman–Crippen LogP) is 2.37. The van der Waals surface area contributed by atoms with Crippen molar-refractivity contribution in [1.29, 1.82) is 0 Å². The summed E-state index contributed by atoms with van der Waals surface area (Å²) in [5.74, 6) is 0.359. The van der Waals surface area contributed by atoms with E-state index >= 15 is 0 Å². The second-order valence-electron chi connectivity index (χ2n) is 3.87. The molecule has 0 fully saturated rings. The molecule has 1 aromatic carbocycles. The summed E-state index contributed by atoms with van der Waals surface area (Å²) >= 11 is 0. The third kappa shape index (κ3) is 3.04. The highest BCUT2D eigenvalue weighted by Crippen LogP contribution is 2.18. The van der Waals surface area contributed by atoms with Crippen LogP contribution in [0.25, 0.3) is 0 Å². The van der Waals surface area contributed by atoms with Crippen molar-refractivity contribution >= 4 is 0 Å². The molecule has 2 heteroatoms. The van der Waals surface area contributed by atoms with Crippen molar-refractivity contribution in [3.8, 4) is 5.75 Å². The molecule has 0 spiro atoms. The first-order valence-electron chi connectivity index (χ1n) is 5.17. The number of phenolic OH excluding ortho intramolecular Hbond substituents is 1. The van der Waals surface area contributed by atoms with E-state index in [1.54, 1.807) is 6.07 Å². The second kappa shape index (κ2) is 5.01. The Balaban J connectivity index is 2.63. The van der Waals surface area contributed by atoms with Gasteiger partial charge in [0.15, 0.2) is 0 Å². The molecule has 0 radical (unpaired) electrons. The van der Waals surface area contributed by atoms with Crippen LogP contribution < -0.4 is 5.73 Å². The molecule has 3 N–H and O–H groups in total. The molecule has 0 aliphatic carbocycles. The van der Waals surface area contributed by atoms with Crippen LogP contribution in [0.4, 0.5) is 0 Å². The van der Waals surface area contributed by atoms with Gasteiger partial charge in [-0.25, -0.2) is 0 Å². The molecular weight excluding hydrogens is 174 g/mol. The highest BCUT2D eigenvalue weighted by molar-refractivity contribution is 5.35. The first kappa shape index (κ1) is 11.1. The van der Waals surface area contributed by atoms with E-state index < -0.39 is 0 Å². The summed E-state index contributed by atoms with van der Waals surface area (Å²) in [4.78, 5) is 0. The summed E-state index contributed by atoms with van der Waals surface area (Å²) in [5.41, 5.74) is 8.07. The minimum absolute atomic E-state index is 0.240. The fourth-order valence-electron chi connectivity index (χ4n) is 1.62. The van der Waals surface area contributed by atoms with Gasteiger partial charge in [-0.3, -0.25) is 0 Å². The van der Waals surface area contributed by atoms with E-state index in [1.165, 1.54) is 5.56 Å². The van der Waals surface area contributed by atoms with Gasteiger partial charge < -0.3 is 10.8 Å². The van der Waals surface area contributed by atoms with Crippen molar-refractivity contribution in [2.45, 2.75) is 39.2 Å². The highest BCUT2D eigenvalue weighted by Gasteiger charge is 2.04. The zero-order valence-electron chi connectivity index (χ0n) is 8.96. The molecule has 0 heterocycles. The lowest BCUT2D eigenvalue weighted by Gasteiger charge is -2.10.